The van der Waals surface area contributed by atoms with Gasteiger partial charge in [0.25, 0.3) is 29.7 Å². The van der Waals surface area contributed by atoms with E-state index in [9.17, 15) is 24.0 Å². The summed E-state index contributed by atoms with van der Waals surface area (Å²) in [5.41, 5.74) is 6.72. The van der Waals surface area contributed by atoms with Crippen LogP contribution in [0.1, 0.15) is 49.2 Å². The van der Waals surface area contributed by atoms with Crippen molar-refractivity contribution >= 4 is 41.6 Å². The summed E-state index contributed by atoms with van der Waals surface area (Å²) in [7, 11) is 0. The van der Waals surface area contributed by atoms with Gasteiger partial charge in [-0.1, -0.05) is 74.5 Å². The molecule has 0 radical (unpaired) electrons. The number of amidine groups is 1. The van der Waals surface area contributed by atoms with Crippen LogP contribution >= 0.6 is 0 Å². The van der Waals surface area contributed by atoms with E-state index in [1.807, 2.05) is 64.1 Å². The zero-order valence-corrected chi connectivity index (χ0v) is 30.0. The number of carbonyl (C=O) groups excluding carboxylic acids is 5. The normalized spacial score (nSPS) is 17.2. The summed E-state index contributed by atoms with van der Waals surface area (Å²) in [6.07, 6.45) is 5.45. The molecule has 12 nitrogen and oxygen atoms in total. The second-order valence-corrected chi connectivity index (χ2v) is 13.0. The van der Waals surface area contributed by atoms with Crippen molar-refractivity contribution in [3.8, 4) is 0 Å². The Balaban J connectivity index is 0.00000562. The molecule has 3 aromatic rings. The summed E-state index contributed by atoms with van der Waals surface area (Å²) in [5.74, 6) is -2.44. The molecule has 0 bridgehead atoms. The van der Waals surface area contributed by atoms with Gasteiger partial charge in [0.05, 0.1) is 17.8 Å². The van der Waals surface area contributed by atoms with Gasteiger partial charge in [0.1, 0.15) is 30.5 Å². The number of carbonyl (C=O) groups is 5. The third kappa shape index (κ3) is 8.33. The minimum atomic E-state index is -1.15. The largest absolute Gasteiger partial charge is 1.00 e. The van der Waals surface area contributed by atoms with Gasteiger partial charge in [-0.2, -0.15) is 4.57 Å². The topological polar surface area (TPSA) is 147 Å². The van der Waals surface area contributed by atoms with E-state index in [4.69, 9.17) is 10.5 Å². The molecule has 2 atom stereocenters. The van der Waals surface area contributed by atoms with E-state index in [1.54, 1.807) is 48.8 Å². The van der Waals surface area contributed by atoms with Crippen molar-refractivity contribution in [1.29, 1.82) is 0 Å². The fourth-order valence-corrected chi connectivity index (χ4v) is 6.01. The number of nitrogens with zero attached hydrogens (tertiary/aromatic N) is 5. The second-order valence-electron chi connectivity index (χ2n) is 13.0. The van der Waals surface area contributed by atoms with E-state index in [0.717, 1.165) is 5.56 Å². The maximum Gasteiger partial charge on any atom is 0.295 e. The maximum absolute atomic E-state index is 15.0. The van der Waals surface area contributed by atoms with E-state index in [-0.39, 0.29) is 60.6 Å². The molecule has 13 heteroatoms. The fraction of sp³-hybridized carbons (Fsp3) is 0.324. The van der Waals surface area contributed by atoms with Gasteiger partial charge in [0, 0.05) is 18.7 Å². The second kappa shape index (κ2) is 16.0. The summed E-state index contributed by atoms with van der Waals surface area (Å²) in [4.78, 5) is 76.1. The SMILES string of the molecule is CC(C)[C@@H]1C(=O)N([C@@H](Cc2ccccc2)C(=O)N(CC=O)C2=NC(C)(C)CO2)C(c2ccccc2)=CN1C(=O)c1ccc[n+](CC(N)=O)c1.[Br-]. The van der Waals surface area contributed by atoms with E-state index in [1.165, 1.54) is 25.5 Å². The van der Waals surface area contributed by atoms with Crippen molar-refractivity contribution in [1.82, 2.24) is 14.7 Å². The standard InChI is InChI=1S/C37H40N6O6.BrH/c1-25(2)32-35(48)43(29(20-26-12-7-5-8-13-26)34(47)41(18-19-44)36-39-37(3,4)24-49-36)30(27-14-9-6-10-15-27)22-42(32)33(46)28-16-11-17-40(21-28)23-31(38)45;/h5-17,19,21-22,25,29,32H,18,20,23-24H2,1-4H3,(H-,38,45);1H/t29-,32+;/m0./s1. The number of pyridine rings is 1. The molecule has 0 saturated carbocycles. The first-order valence-electron chi connectivity index (χ1n) is 16.1. The highest BCUT2D eigenvalue weighted by Crippen LogP contribution is 2.34. The molecule has 4 amide bonds. The molecule has 2 aliphatic rings. The van der Waals surface area contributed by atoms with Crippen molar-refractivity contribution in [2.75, 3.05) is 13.2 Å². The fourth-order valence-electron chi connectivity index (χ4n) is 6.01. The van der Waals surface area contributed by atoms with Crippen LogP contribution in [0.4, 0.5) is 0 Å². The van der Waals surface area contributed by atoms with Crippen molar-refractivity contribution < 1.29 is 50.3 Å². The summed E-state index contributed by atoms with van der Waals surface area (Å²) in [6, 6.07) is 19.4. The molecule has 0 fully saturated rings. The number of rotatable bonds is 11. The Hall–Kier alpha value is -5.17. The van der Waals surface area contributed by atoms with Gasteiger partial charge >= 0.3 is 0 Å². The first-order valence-corrected chi connectivity index (χ1v) is 16.1. The Labute approximate surface area is 302 Å². The third-order valence-electron chi connectivity index (χ3n) is 8.27. The molecule has 1 aromatic heterocycles. The van der Waals surface area contributed by atoms with Gasteiger partial charge in [-0.05, 0) is 37.0 Å². The van der Waals surface area contributed by atoms with Gasteiger partial charge in [0.15, 0.2) is 12.4 Å². The molecule has 3 heterocycles. The van der Waals surface area contributed by atoms with Crippen molar-refractivity contribution in [2.45, 2.75) is 58.3 Å². The predicted molar refractivity (Wildman–Crippen MR) is 181 cm³/mol. The van der Waals surface area contributed by atoms with E-state index in [2.05, 4.69) is 4.99 Å². The number of amides is 4. The molecule has 262 valence electrons. The molecular formula is C37H41BrN6O6. The zero-order chi connectivity index (χ0) is 35.3. The monoisotopic (exact) mass is 744 g/mol. The molecule has 50 heavy (non-hydrogen) atoms. The average Bonchev–Trinajstić information content (AvgIpc) is 3.44. The minimum Gasteiger partial charge on any atom is -1.00 e. The van der Waals surface area contributed by atoms with Crippen LogP contribution in [0.25, 0.3) is 5.70 Å². The van der Waals surface area contributed by atoms with Crippen LogP contribution in [0.15, 0.2) is 96.4 Å². The summed E-state index contributed by atoms with van der Waals surface area (Å²) < 4.78 is 7.32. The summed E-state index contributed by atoms with van der Waals surface area (Å²) >= 11 is 0. The van der Waals surface area contributed by atoms with Crippen LogP contribution in [-0.2, 0) is 36.9 Å². The van der Waals surface area contributed by atoms with E-state index in [0.29, 0.717) is 17.5 Å². The first-order chi connectivity index (χ1) is 23.4. The maximum atomic E-state index is 15.0. The summed E-state index contributed by atoms with van der Waals surface area (Å²) in [6.45, 7) is 7.14. The van der Waals surface area contributed by atoms with Crippen LogP contribution in [-0.4, -0.2) is 81.4 Å². The lowest BCUT2D eigenvalue weighted by Gasteiger charge is -2.44. The van der Waals surface area contributed by atoms with Crippen LogP contribution in [0, 0.1) is 5.92 Å². The molecule has 0 saturated heterocycles. The number of ether oxygens (including phenoxy) is 1. The number of hydrogen-bond acceptors (Lipinski definition) is 7. The minimum absolute atomic E-state index is 0. The van der Waals surface area contributed by atoms with Crippen molar-refractivity contribution in [3.05, 3.63) is 108 Å². The van der Waals surface area contributed by atoms with Crippen LogP contribution < -0.4 is 27.3 Å². The highest BCUT2D eigenvalue weighted by Gasteiger charge is 2.47. The predicted octanol–water partition coefficient (Wildman–Crippen LogP) is -0.425. The van der Waals surface area contributed by atoms with Gasteiger partial charge in [-0.25, -0.2) is 4.99 Å². The highest BCUT2D eigenvalue weighted by atomic mass is 79.9. The Kier molecular flexibility index (Phi) is 12.1. The Morgan fingerprint density at radius 3 is 2.30 bits per heavy atom. The highest BCUT2D eigenvalue weighted by molar-refractivity contribution is 6.06. The van der Waals surface area contributed by atoms with E-state index >= 15 is 0 Å². The number of halogens is 1. The Morgan fingerprint density at radius 2 is 1.72 bits per heavy atom. The smallest absolute Gasteiger partial charge is 0.295 e. The molecule has 0 spiro atoms. The number of hydrogen-bond donors (Lipinski definition) is 1. The third-order valence-corrected chi connectivity index (χ3v) is 8.27. The number of primary amides is 1. The van der Waals surface area contributed by atoms with Gasteiger partial charge in [-0.3, -0.25) is 33.9 Å². The Bertz CT molecular complexity index is 1800. The average molecular weight is 746 g/mol. The summed E-state index contributed by atoms with van der Waals surface area (Å²) in [5, 5.41) is 0. The lowest BCUT2D eigenvalue weighted by molar-refractivity contribution is -0.684. The quantitative estimate of drug-likeness (QED) is 0.209. The van der Waals surface area contributed by atoms with Crippen molar-refractivity contribution in [3.63, 3.8) is 0 Å². The van der Waals surface area contributed by atoms with Gasteiger partial charge in [-0.15, -0.1) is 0 Å². The molecule has 2 aromatic carbocycles. The van der Waals surface area contributed by atoms with Crippen LogP contribution in [0.2, 0.25) is 0 Å². The molecule has 2 aliphatic heterocycles. The lowest BCUT2D eigenvalue weighted by Crippen LogP contribution is -3.00. The van der Waals surface area contributed by atoms with Gasteiger partial charge in [0.2, 0.25) is 6.54 Å². The first kappa shape index (κ1) is 37.6. The number of aromatic nitrogens is 1. The molecule has 0 unspecified atom stereocenters. The van der Waals surface area contributed by atoms with Crippen molar-refractivity contribution in [2.24, 2.45) is 16.6 Å². The molecule has 5 rings (SSSR count). The number of aldehydes is 1. The number of aliphatic imine (C=N–C) groups is 1. The number of benzene rings is 2. The lowest BCUT2D eigenvalue weighted by atomic mass is 9.93. The van der Waals surface area contributed by atoms with Crippen LogP contribution in [0.5, 0.6) is 0 Å². The molecule has 2 N–H and O–H groups in total. The molecule has 0 aliphatic carbocycles. The van der Waals surface area contributed by atoms with Gasteiger partial charge < -0.3 is 32.2 Å². The van der Waals surface area contributed by atoms with E-state index < -0.39 is 41.3 Å². The van der Waals surface area contributed by atoms with Crippen LogP contribution in [0.3, 0.4) is 0 Å². The number of nitrogens with two attached hydrogens (primary N) is 1. The Morgan fingerprint density at radius 1 is 1.06 bits per heavy atom. The molecular weight excluding hydrogens is 704 g/mol. The zero-order valence-electron chi connectivity index (χ0n) is 28.4.